The van der Waals surface area contributed by atoms with Crippen LogP contribution < -0.4 is 16.1 Å². The largest absolute Gasteiger partial charge is 0.381 e. The maximum absolute atomic E-state index is 13.8. The zero-order valence-electron chi connectivity index (χ0n) is 11.7. The highest BCUT2D eigenvalue weighted by atomic mass is 32.2. The van der Waals surface area contributed by atoms with Crippen LogP contribution in [0.25, 0.3) is 11.9 Å². The number of ether oxygens (including phenoxy) is 1. The first-order valence-corrected chi connectivity index (χ1v) is 8.03. The molecule has 1 aliphatic carbocycles. The molecule has 1 fully saturated rings. The second-order valence-corrected chi connectivity index (χ2v) is 6.49. The number of nitrogens with one attached hydrogen (secondary N) is 2. The van der Waals surface area contributed by atoms with Gasteiger partial charge in [0.05, 0.1) is 16.8 Å². The number of fused-ring (bicyclic) bond motifs is 1. The van der Waals surface area contributed by atoms with Crippen molar-refractivity contribution >= 4 is 29.4 Å². The molecule has 0 spiro atoms. The van der Waals surface area contributed by atoms with Gasteiger partial charge < -0.3 is 15.1 Å². The molecule has 2 aliphatic rings. The van der Waals surface area contributed by atoms with Crippen molar-refractivity contribution in [2.45, 2.75) is 30.0 Å². The van der Waals surface area contributed by atoms with E-state index in [1.165, 1.54) is 0 Å². The zero-order valence-corrected chi connectivity index (χ0v) is 12.5. The number of nitrogens with zero attached hydrogens (tertiary/aromatic N) is 1. The van der Waals surface area contributed by atoms with Gasteiger partial charge in [-0.2, -0.15) is 11.8 Å². The fourth-order valence-corrected chi connectivity index (χ4v) is 3.52. The fraction of sp³-hybridized carbons (Fsp3) is 0.500. The van der Waals surface area contributed by atoms with Gasteiger partial charge >= 0.3 is 0 Å². The Morgan fingerprint density at radius 2 is 2.18 bits per heavy atom. The van der Waals surface area contributed by atoms with E-state index in [1.807, 2.05) is 0 Å². The first kappa shape index (κ1) is 15.4. The first-order valence-electron chi connectivity index (χ1n) is 6.99. The van der Waals surface area contributed by atoms with E-state index in [2.05, 4.69) is 9.97 Å². The molecule has 118 valence electrons. The third kappa shape index (κ3) is 2.98. The Balaban J connectivity index is 1.88. The number of rotatable bonds is 3. The van der Waals surface area contributed by atoms with Crippen molar-refractivity contribution in [3.63, 3.8) is 0 Å². The minimum absolute atomic E-state index is 0.0303. The SMILES string of the molecule is N=C1C=c2nc(CSC3CCOCC3)[nH]c(=O)c2=C(F)C1F. The maximum Gasteiger partial charge on any atom is 0.261 e. The molecule has 3 rings (SSSR count). The Hall–Kier alpha value is -1.54. The number of aromatic amines is 1. The van der Waals surface area contributed by atoms with E-state index in [-0.39, 0.29) is 5.35 Å². The predicted molar refractivity (Wildman–Crippen MR) is 80.8 cm³/mol. The fourth-order valence-electron chi connectivity index (χ4n) is 2.47. The monoisotopic (exact) mass is 327 g/mol. The number of hydrogen-bond donors (Lipinski definition) is 2. The topological polar surface area (TPSA) is 78.8 Å². The normalized spacial score (nSPS) is 22.4. The second kappa shape index (κ2) is 6.29. The van der Waals surface area contributed by atoms with Gasteiger partial charge in [-0.15, -0.1) is 0 Å². The van der Waals surface area contributed by atoms with Crippen LogP contribution >= 0.6 is 11.8 Å². The van der Waals surface area contributed by atoms with Crippen molar-refractivity contribution in [3.8, 4) is 0 Å². The predicted octanol–water partition coefficient (Wildman–Crippen LogP) is 0.412. The number of thioether (sulfide) groups is 1. The van der Waals surface area contributed by atoms with Crippen molar-refractivity contribution in [1.82, 2.24) is 9.97 Å². The number of alkyl halides is 1. The molecule has 0 bridgehead atoms. The summed E-state index contributed by atoms with van der Waals surface area (Å²) in [6.45, 7) is 1.46. The van der Waals surface area contributed by atoms with E-state index in [9.17, 15) is 13.6 Å². The molecule has 2 heterocycles. The summed E-state index contributed by atoms with van der Waals surface area (Å²) in [5.41, 5.74) is -1.22. The van der Waals surface area contributed by atoms with E-state index >= 15 is 0 Å². The maximum atomic E-state index is 13.8. The molecular formula is C14H15F2N3O2S. The summed E-state index contributed by atoms with van der Waals surface area (Å²) in [6.07, 6.45) is 0.823. The molecule has 0 amide bonds. The van der Waals surface area contributed by atoms with E-state index in [0.29, 0.717) is 16.8 Å². The van der Waals surface area contributed by atoms with Gasteiger partial charge in [0.1, 0.15) is 11.0 Å². The Kier molecular flexibility index (Phi) is 4.39. The summed E-state index contributed by atoms with van der Waals surface area (Å²) >= 11 is 1.66. The molecule has 8 heteroatoms. The van der Waals surface area contributed by atoms with Gasteiger partial charge in [-0.25, -0.2) is 13.8 Å². The third-order valence-electron chi connectivity index (χ3n) is 3.65. The summed E-state index contributed by atoms with van der Waals surface area (Å²) in [5.74, 6) is -0.344. The van der Waals surface area contributed by atoms with Crippen LogP contribution in [0.3, 0.4) is 0 Å². The molecule has 2 N–H and O–H groups in total. The van der Waals surface area contributed by atoms with E-state index in [0.717, 1.165) is 32.1 Å². The molecule has 22 heavy (non-hydrogen) atoms. The Labute approximate surface area is 129 Å². The van der Waals surface area contributed by atoms with Gasteiger partial charge in [0.25, 0.3) is 5.56 Å². The van der Waals surface area contributed by atoms with Crippen LogP contribution in [0.2, 0.25) is 0 Å². The smallest absolute Gasteiger partial charge is 0.261 e. The summed E-state index contributed by atoms with van der Waals surface area (Å²) in [6, 6.07) is 0. The molecule has 0 saturated carbocycles. The van der Waals surface area contributed by atoms with Crippen LogP contribution in [0, 0.1) is 5.41 Å². The first-order chi connectivity index (χ1) is 10.6. The lowest BCUT2D eigenvalue weighted by Crippen LogP contribution is -2.49. The van der Waals surface area contributed by atoms with Crippen LogP contribution in [0.15, 0.2) is 4.79 Å². The van der Waals surface area contributed by atoms with Crippen LogP contribution in [-0.2, 0) is 10.5 Å². The molecule has 1 atom stereocenters. The van der Waals surface area contributed by atoms with Gasteiger partial charge in [-0.3, -0.25) is 4.79 Å². The molecule has 0 radical (unpaired) electrons. The number of aromatic nitrogens is 2. The lowest BCUT2D eigenvalue weighted by atomic mass is 10.1. The number of halogens is 2. The highest BCUT2D eigenvalue weighted by Crippen LogP contribution is 2.23. The van der Waals surface area contributed by atoms with Crippen LogP contribution in [0.5, 0.6) is 0 Å². The Morgan fingerprint density at radius 1 is 1.45 bits per heavy atom. The van der Waals surface area contributed by atoms with E-state index in [4.69, 9.17) is 10.1 Å². The standard InChI is InChI=1S/C14H15F2N3O2S/c15-12-8(17)5-9-11(13(12)16)14(20)19-10(18-9)6-22-7-1-3-21-4-2-7/h5,7,12,17H,1-4,6H2,(H,18,19,20). The summed E-state index contributed by atoms with van der Waals surface area (Å²) in [7, 11) is 0. The average Bonchev–Trinajstić information content (AvgIpc) is 2.51. The molecule has 1 aromatic heterocycles. The van der Waals surface area contributed by atoms with Crippen molar-refractivity contribution in [3.05, 3.63) is 26.7 Å². The van der Waals surface area contributed by atoms with Crippen LogP contribution in [-0.4, -0.2) is 40.3 Å². The quantitative estimate of drug-likeness (QED) is 0.843. The molecule has 1 aliphatic heterocycles. The summed E-state index contributed by atoms with van der Waals surface area (Å²) in [4.78, 5) is 18.6. The molecule has 0 aromatic carbocycles. The lowest BCUT2D eigenvalue weighted by molar-refractivity contribution is 0.1000. The minimum Gasteiger partial charge on any atom is -0.381 e. The highest BCUT2D eigenvalue weighted by Gasteiger charge is 2.24. The minimum atomic E-state index is -2.18. The van der Waals surface area contributed by atoms with Gasteiger partial charge in [-0.1, -0.05) is 0 Å². The zero-order chi connectivity index (χ0) is 15.7. The van der Waals surface area contributed by atoms with Gasteiger partial charge in [0.15, 0.2) is 12.0 Å². The lowest BCUT2D eigenvalue weighted by Gasteiger charge is -2.21. The number of hydrogen-bond acceptors (Lipinski definition) is 5. The Bertz CT molecular complexity index is 771. The van der Waals surface area contributed by atoms with Crippen LogP contribution in [0.1, 0.15) is 18.7 Å². The molecular weight excluding hydrogens is 312 g/mol. The summed E-state index contributed by atoms with van der Waals surface area (Å²) in [5, 5.41) is 7.47. The summed E-state index contributed by atoms with van der Waals surface area (Å²) < 4.78 is 32.5. The van der Waals surface area contributed by atoms with Crippen LogP contribution in [0.4, 0.5) is 8.78 Å². The molecule has 1 unspecified atom stereocenters. The Morgan fingerprint density at radius 3 is 2.91 bits per heavy atom. The van der Waals surface area contributed by atoms with Gasteiger partial charge in [0.2, 0.25) is 0 Å². The van der Waals surface area contributed by atoms with Crippen molar-refractivity contribution in [1.29, 1.82) is 5.41 Å². The van der Waals surface area contributed by atoms with Crippen molar-refractivity contribution in [2.24, 2.45) is 0 Å². The molecule has 1 saturated heterocycles. The second-order valence-electron chi connectivity index (χ2n) is 5.21. The van der Waals surface area contributed by atoms with Gasteiger partial charge in [-0.05, 0) is 18.9 Å². The van der Waals surface area contributed by atoms with Gasteiger partial charge in [0, 0.05) is 18.5 Å². The number of H-pyrrole nitrogens is 1. The average molecular weight is 327 g/mol. The van der Waals surface area contributed by atoms with Crippen molar-refractivity contribution < 1.29 is 13.5 Å². The van der Waals surface area contributed by atoms with E-state index < -0.39 is 28.5 Å². The highest BCUT2D eigenvalue weighted by molar-refractivity contribution is 7.99. The molecule has 5 nitrogen and oxygen atoms in total. The van der Waals surface area contributed by atoms with E-state index in [1.54, 1.807) is 11.8 Å². The molecule has 1 aromatic rings. The third-order valence-corrected chi connectivity index (χ3v) is 5.03. The van der Waals surface area contributed by atoms with Crippen molar-refractivity contribution in [2.75, 3.05) is 13.2 Å².